The molecule has 1 fully saturated rings. The van der Waals surface area contributed by atoms with Crippen molar-refractivity contribution in [3.63, 3.8) is 0 Å². The summed E-state index contributed by atoms with van der Waals surface area (Å²) in [5, 5.41) is 9.19. The Hall–Kier alpha value is -1.34. The van der Waals surface area contributed by atoms with Crippen LogP contribution in [0.5, 0.6) is 0 Å². The van der Waals surface area contributed by atoms with Gasteiger partial charge in [0.1, 0.15) is 0 Å². The Morgan fingerprint density at radius 2 is 1.94 bits per heavy atom. The molecule has 3 nitrogen and oxygen atoms in total. The second kappa shape index (κ2) is 3.85. The molecule has 1 aromatic carbocycles. The monoisotopic (exact) mass is 249 g/mol. The molecule has 2 unspecified atom stereocenters. The van der Waals surface area contributed by atoms with Crippen LogP contribution in [0.25, 0.3) is 0 Å². The largest absolute Gasteiger partial charge is 0.224 e. The summed E-state index contributed by atoms with van der Waals surface area (Å²) in [6.45, 7) is 3.67. The first-order valence-corrected chi connectivity index (χ1v) is 7.36. The smallest absolute Gasteiger partial charge is 0.178 e. The molecule has 1 aromatic rings. The van der Waals surface area contributed by atoms with Crippen LogP contribution in [-0.2, 0) is 15.3 Å². The summed E-state index contributed by atoms with van der Waals surface area (Å²) in [6, 6.07) is 9.11. The molecular formula is C13H15NO2S. The van der Waals surface area contributed by atoms with Gasteiger partial charge < -0.3 is 0 Å². The van der Waals surface area contributed by atoms with E-state index < -0.39 is 9.84 Å². The minimum atomic E-state index is -3.14. The minimum absolute atomic E-state index is 0.103. The fraction of sp³-hybridized carbons (Fsp3) is 0.462. The second-order valence-electron chi connectivity index (χ2n) is 4.62. The zero-order valence-corrected chi connectivity index (χ0v) is 10.8. The van der Waals surface area contributed by atoms with Crippen LogP contribution in [0.2, 0.25) is 0 Å². The molecule has 0 heterocycles. The number of benzene rings is 1. The van der Waals surface area contributed by atoms with E-state index in [2.05, 4.69) is 6.07 Å². The zero-order valence-electron chi connectivity index (χ0n) is 9.97. The van der Waals surface area contributed by atoms with Crippen LogP contribution in [0.3, 0.4) is 0 Å². The average Bonchev–Trinajstić information content (AvgIpc) is 3.02. The lowest BCUT2D eigenvalue weighted by Crippen LogP contribution is -2.08. The Morgan fingerprint density at radius 3 is 2.29 bits per heavy atom. The van der Waals surface area contributed by atoms with Crippen molar-refractivity contribution in [1.82, 2.24) is 0 Å². The molecule has 0 amide bonds. The maximum Gasteiger partial charge on any atom is 0.178 e. The number of nitrogens with zero attached hydrogens (tertiary/aromatic N) is 1. The van der Waals surface area contributed by atoms with Gasteiger partial charge in [0.2, 0.25) is 0 Å². The maximum atomic E-state index is 11.6. The third kappa shape index (κ3) is 1.85. The van der Waals surface area contributed by atoms with E-state index >= 15 is 0 Å². The van der Waals surface area contributed by atoms with E-state index in [1.54, 1.807) is 31.2 Å². The van der Waals surface area contributed by atoms with Crippen molar-refractivity contribution in [3.05, 3.63) is 29.8 Å². The molecule has 4 heteroatoms. The second-order valence-corrected chi connectivity index (χ2v) is 6.89. The molecule has 1 saturated carbocycles. The molecule has 2 rings (SSSR count). The standard InChI is InChI=1S/C13H15NO2S/c1-3-17(15,16)12-6-4-11(5-7-12)13(9-14)8-10(13)2/h4-7,10H,3,8H2,1-2H3. The lowest BCUT2D eigenvalue weighted by atomic mass is 9.95. The number of rotatable bonds is 3. The van der Waals surface area contributed by atoms with Crippen LogP contribution in [0, 0.1) is 17.2 Å². The zero-order chi connectivity index (χ0) is 12.7. The third-order valence-electron chi connectivity index (χ3n) is 3.62. The molecule has 2 atom stereocenters. The van der Waals surface area contributed by atoms with Crippen molar-refractivity contribution in [1.29, 1.82) is 5.26 Å². The predicted octanol–water partition coefficient (Wildman–Crippen LogP) is 2.28. The Balaban J connectivity index is 2.36. The van der Waals surface area contributed by atoms with Gasteiger partial charge in [-0.15, -0.1) is 0 Å². The number of hydrogen-bond acceptors (Lipinski definition) is 3. The number of hydrogen-bond donors (Lipinski definition) is 0. The van der Waals surface area contributed by atoms with Crippen molar-refractivity contribution in [2.45, 2.75) is 30.6 Å². The van der Waals surface area contributed by atoms with Gasteiger partial charge in [0.05, 0.1) is 22.1 Å². The van der Waals surface area contributed by atoms with Crippen molar-refractivity contribution < 1.29 is 8.42 Å². The third-order valence-corrected chi connectivity index (χ3v) is 5.37. The Bertz CT molecular complexity index is 568. The highest BCUT2D eigenvalue weighted by atomic mass is 32.2. The van der Waals surface area contributed by atoms with Crippen molar-refractivity contribution in [3.8, 4) is 6.07 Å². The Kier molecular flexibility index (Phi) is 2.75. The molecule has 0 radical (unpaired) electrons. The summed E-state index contributed by atoms with van der Waals surface area (Å²) in [5.74, 6) is 0.465. The van der Waals surface area contributed by atoms with E-state index in [1.165, 1.54) is 0 Å². The van der Waals surface area contributed by atoms with Crippen LogP contribution in [0.15, 0.2) is 29.2 Å². The first-order chi connectivity index (χ1) is 7.96. The average molecular weight is 249 g/mol. The van der Waals surface area contributed by atoms with E-state index in [1.807, 2.05) is 6.92 Å². The van der Waals surface area contributed by atoms with Gasteiger partial charge >= 0.3 is 0 Å². The summed E-state index contributed by atoms with van der Waals surface area (Å²) in [4.78, 5) is 0.338. The van der Waals surface area contributed by atoms with E-state index in [-0.39, 0.29) is 11.2 Å². The fourth-order valence-corrected chi connectivity index (χ4v) is 3.06. The SMILES string of the molecule is CCS(=O)(=O)c1ccc(C2(C#N)CC2C)cc1. The molecule has 17 heavy (non-hydrogen) atoms. The van der Waals surface area contributed by atoms with Gasteiger partial charge in [0.15, 0.2) is 9.84 Å². The summed E-state index contributed by atoms with van der Waals surface area (Å²) in [5.41, 5.74) is 0.552. The molecule has 1 aliphatic carbocycles. The lowest BCUT2D eigenvalue weighted by molar-refractivity contribution is 0.597. The van der Waals surface area contributed by atoms with Gasteiger partial charge in [-0.3, -0.25) is 0 Å². The highest BCUT2D eigenvalue weighted by Gasteiger charge is 2.53. The van der Waals surface area contributed by atoms with Crippen LogP contribution >= 0.6 is 0 Å². The van der Waals surface area contributed by atoms with Gasteiger partial charge in [-0.25, -0.2) is 8.42 Å². The van der Waals surface area contributed by atoms with Crippen molar-refractivity contribution in [2.75, 3.05) is 5.75 Å². The van der Waals surface area contributed by atoms with Crippen LogP contribution in [0.1, 0.15) is 25.8 Å². The molecule has 0 bridgehead atoms. The molecular weight excluding hydrogens is 234 g/mol. The number of sulfone groups is 1. The van der Waals surface area contributed by atoms with Gasteiger partial charge in [-0.1, -0.05) is 26.0 Å². The fourth-order valence-electron chi connectivity index (χ4n) is 2.17. The van der Waals surface area contributed by atoms with E-state index in [4.69, 9.17) is 0 Å². The van der Waals surface area contributed by atoms with Crippen LogP contribution < -0.4 is 0 Å². The lowest BCUT2D eigenvalue weighted by Gasteiger charge is -2.08. The normalized spacial score (nSPS) is 27.5. The van der Waals surface area contributed by atoms with E-state index in [0.717, 1.165) is 12.0 Å². The van der Waals surface area contributed by atoms with Gasteiger partial charge in [-0.05, 0) is 30.0 Å². The predicted molar refractivity (Wildman–Crippen MR) is 65.2 cm³/mol. The summed E-state index contributed by atoms with van der Waals surface area (Å²) >= 11 is 0. The van der Waals surface area contributed by atoms with Crippen molar-refractivity contribution in [2.24, 2.45) is 5.92 Å². The molecule has 0 spiro atoms. The molecule has 0 saturated heterocycles. The van der Waals surface area contributed by atoms with Gasteiger partial charge in [0, 0.05) is 0 Å². The quantitative estimate of drug-likeness (QED) is 0.825. The molecule has 1 aliphatic rings. The Labute approximate surface area is 102 Å². The summed E-state index contributed by atoms with van der Waals surface area (Å²) < 4.78 is 23.3. The number of nitriles is 1. The minimum Gasteiger partial charge on any atom is -0.224 e. The topological polar surface area (TPSA) is 57.9 Å². The summed E-state index contributed by atoms with van der Waals surface area (Å²) in [7, 11) is -3.14. The van der Waals surface area contributed by atoms with Crippen LogP contribution in [-0.4, -0.2) is 14.2 Å². The molecule has 0 aromatic heterocycles. The first-order valence-electron chi connectivity index (χ1n) is 5.71. The highest BCUT2D eigenvalue weighted by Crippen LogP contribution is 2.53. The van der Waals surface area contributed by atoms with E-state index in [9.17, 15) is 13.7 Å². The van der Waals surface area contributed by atoms with Gasteiger partial charge in [0.25, 0.3) is 0 Å². The maximum absolute atomic E-state index is 11.6. The molecule has 90 valence electrons. The van der Waals surface area contributed by atoms with Crippen LogP contribution in [0.4, 0.5) is 0 Å². The molecule has 0 aliphatic heterocycles. The summed E-state index contributed by atoms with van der Waals surface area (Å²) in [6.07, 6.45) is 0.864. The van der Waals surface area contributed by atoms with Gasteiger partial charge in [-0.2, -0.15) is 5.26 Å². The van der Waals surface area contributed by atoms with E-state index in [0.29, 0.717) is 10.8 Å². The van der Waals surface area contributed by atoms with Crippen molar-refractivity contribution >= 4 is 9.84 Å². The Morgan fingerprint density at radius 1 is 1.41 bits per heavy atom. The molecule has 0 N–H and O–H groups in total. The first kappa shape index (κ1) is 12.1. The highest BCUT2D eigenvalue weighted by molar-refractivity contribution is 7.91.